The molecule has 1 unspecified atom stereocenters. The number of piperidine rings is 2. The Balaban J connectivity index is 1.27. The number of nitrogens with zero attached hydrogens (tertiary/aromatic N) is 4. The third kappa shape index (κ3) is 4.13. The van der Waals surface area contributed by atoms with Crippen molar-refractivity contribution in [1.29, 1.82) is 0 Å². The van der Waals surface area contributed by atoms with Crippen molar-refractivity contribution in [3.05, 3.63) is 23.9 Å². The molecule has 172 valence electrons. The van der Waals surface area contributed by atoms with Crippen LogP contribution >= 0.6 is 0 Å². The molecular formula is C24H34N6O2. The minimum absolute atomic E-state index is 0.191. The van der Waals surface area contributed by atoms with Gasteiger partial charge in [-0.2, -0.15) is 5.10 Å². The summed E-state index contributed by atoms with van der Waals surface area (Å²) in [6, 6.07) is 7.10. The molecule has 4 heterocycles. The minimum atomic E-state index is -0.356. The highest BCUT2D eigenvalue weighted by atomic mass is 16.2. The summed E-state index contributed by atoms with van der Waals surface area (Å²) < 4.78 is 1.87. The SMILES string of the molecule is C[C@@H]1CNCCN1CC1CCN(c2ccc3c(C4CCC(=O)NC4=O)nn(C)c3c2)CC1. The number of hydrogen-bond donors (Lipinski definition) is 2. The van der Waals surface area contributed by atoms with Crippen molar-refractivity contribution >= 4 is 28.4 Å². The van der Waals surface area contributed by atoms with E-state index < -0.39 is 0 Å². The first-order valence-corrected chi connectivity index (χ1v) is 12.0. The number of imide groups is 1. The summed E-state index contributed by atoms with van der Waals surface area (Å²) in [5.74, 6) is -0.00785. The van der Waals surface area contributed by atoms with Crippen molar-refractivity contribution in [2.75, 3.05) is 44.2 Å². The number of amides is 2. The number of carbonyl (C=O) groups is 2. The summed E-state index contributed by atoms with van der Waals surface area (Å²) in [7, 11) is 1.93. The van der Waals surface area contributed by atoms with E-state index in [1.165, 1.54) is 25.1 Å². The van der Waals surface area contributed by atoms with E-state index in [9.17, 15) is 9.59 Å². The van der Waals surface area contributed by atoms with Crippen LogP contribution in [0, 0.1) is 5.92 Å². The lowest BCUT2D eigenvalue weighted by Crippen LogP contribution is -2.52. The van der Waals surface area contributed by atoms with Crippen LogP contribution in [-0.2, 0) is 16.6 Å². The Morgan fingerprint density at radius 2 is 1.94 bits per heavy atom. The molecule has 1 aromatic heterocycles. The molecule has 3 aliphatic heterocycles. The number of anilines is 1. The van der Waals surface area contributed by atoms with Crippen molar-refractivity contribution in [2.24, 2.45) is 13.0 Å². The van der Waals surface area contributed by atoms with E-state index in [0.29, 0.717) is 18.9 Å². The first-order valence-electron chi connectivity index (χ1n) is 12.0. The molecule has 32 heavy (non-hydrogen) atoms. The minimum Gasteiger partial charge on any atom is -0.371 e. The van der Waals surface area contributed by atoms with Gasteiger partial charge in [0.15, 0.2) is 0 Å². The van der Waals surface area contributed by atoms with Crippen LogP contribution in [0.4, 0.5) is 5.69 Å². The summed E-state index contributed by atoms with van der Waals surface area (Å²) in [5.41, 5.74) is 3.05. The van der Waals surface area contributed by atoms with E-state index in [2.05, 4.69) is 50.7 Å². The molecule has 8 nitrogen and oxygen atoms in total. The van der Waals surface area contributed by atoms with Gasteiger partial charge in [-0.3, -0.25) is 24.5 Å². The quantitative estimate of drug-likeness (QED) is 0.706. The largest absolute Gasteiger partial charge is 0.371 e. The maximum atomic E-state index is 12.4. The summed E-state index contributed by atoms with van der Waals surface area (Å²) in [6.07, 6.45) is 3.34. The lowest BCUT2D eigenvalue weighted by molar-refractivity contribution is -0.134. The van der Waals surface area contributed by atoms with E-state index in [1.54, 1.807) is 0 Å². The lowest BCUT2D eigenvalue weighted by Gasteiger charge is -2.39. The second-order valence-corrected chi connectivity index (χ2v) is 9.69. The third-order valence-electron chi connectivity index (χ3n) is 7.54. The zero-order chi connectivity index (χ0) is 22.2. The van der Waals surface area contributed by atoms with Crippen molar-refractivity contribution in [1.82, 2.24) is 25.3 Å². The van der Waals surface area contributed by atoms with Crippen LogP contribution in [0.1, 0.15) is 44.2 Å². The van der Waals surface area contributed by atoms with Crippen LogP contribution in [0.25, 0.3) is 10.9 Å². The third-order valence-corrected chi connectivity index (χ3v) is 7.54. The number of carbonyl (C=O) groups excluding carboxylic acids is 2. The smallest absolute Gasteiger partial charge is 0.235 e. The fourth-order valence-corrected chi connectivity index (χ4v) is 5.54. The topological polar surface area (TPSA) is 82.5 Å². The van der Waals surface area contributed by atoms with Crippen LogP contribution in [0.15, 0.2) is 18.2 Å². The molecule has 5 rings (SSSR count). The number of benzene rings is 1. The summed E-state index contributed by atoms with van der Waals surface area (Å²) in [5, 5.41) is 11.6. The molecule has 0 aliphatic carbocycles. The average molecular weight is 439 g/mol. The standard InChI is InChI=1S/C24H34N6O2/c1-16-14-25-9-12-30(16)15-17-7-10-29(11-8-17)18-3-4-19-21(13-18)28(2)27-23(19)20-5-6-22(31)26-24(20)32/h3-4,13,16-17,20,25H,5-12,14-15H2,1-2H3,(H,26,31,32)/t16-,20?/m1/s1. The van der Waals surface area contributed by atoms with E-state index in [-0.39, 0.29) is 17.7 Å². The number of nitrogens with one attached hydrogen (secondary N) is 2. The highest BCUT2D eigenvalue weighted by molar-refractivity contribution is 6.02. The predicted molar refractivity (Wildman–Crippen MR) is 125 cm³/mol. The van der Waals surface area contributed by atoms with Gasteiger partial charge < -0.3 is 10.2 Å². The fourth-order valence-electron chi connectivity index (χ4n) is 5.54. The van der Waals surface area contributed by atoms with Gasteiger partial charge in [0, 0.05) is 69.9 Å². The second kappa shape index (κ2) is 8.83. The monoisotopic (exact) mass is 438 g/mol. The number of piperazine rings is 1. The first-order chi connectivity index (χ1) is 15.5. The summed E-state index contributed by atoms with van der Waals surface area (Å²) >= 11 is 0. The van der Waals surface area contributed by atoms with Gasteiger partial charge in [0.25, 0.3) is 0 Å². The van der Waals surface area contributed by atoms with Crippen molar-refractivity contribution in [3.8, 4) is 0 Å². The van der Waals surface area contributed by atoms with Gasteiger partial charge >= 0.3 is 0 Å². The molecule has 3 fully saturated rings. The highest BCUT2D eigenvalue weighted by Gasteiger charge is 2.32. The zero-order valence-electron chi connectivity index (χ0n) is 19.1. The van der Waals surface area contributed by atoms with Gasteiger partial charge in [0.1, 0.15) is 0 Å². The number of fused-ring (bicyclic) bond motifs is 1. The number of hydrogen-bond acceptors (Lipinski definition) is 6. The lowest BCUT2D eigenvalue weighted by atomic mass is 9.92. The number of rotatable bonds is 4. The number of aryl methyl sites for hydroxylation is 1. The maximum absolute atomic E-state index is 12.4. The van der Waals surface area contributed by atoms with Crippen LogP contribution < -0.4 is 15.5 Å². The molecule has 3 saturated heterocycles. The molecule has 2 atom stereocenters. The van der Waals surface area contributed by atoms with Gasteiger partial charge in [-0.25, -0.2) is 0 Å². The molecule has 2 amide bonds. The molecule has 1 aromatic carbocycles. The molecule has 0 saturated carbocycles. The van der Waals surface area contributed by atoms with Gasteiger partial charge in [-0.15, -0.1) is 0 Å². The van der Waals surface area contributed by atoms with Crippen molar-refractivity contribution < 1.29 is 9.59 Å². The summed E-state index contributed by atoms with van der Waals surface area (Å²) in [4.78, 5) is 29.0. The Labute approximate surface area is 189 Å². The van der Waals surface area contributed by atoms with E-state index in [4.69, 9.17) is 0 Å². The van der Waals surface area contributed by atoms with E-state index >= 15 is 0 Å². The Hall–Kier alpha value is -2.45. The molecular weight excluding hydrogens is 404 g/mol. The molecule has 0 bridgehead atoms. The average Bonchev–Trinajstić information content (AvgIpc) is 3.11. The fraction of sp³-hybridized carbons (Fsp3) is 0.625. The molecule has 3 aliphatic rings. The van der Waals surface area contributed by atoms with Crippen LogP contribution in [-0.4, -0.2) is 71.8 Å². The molecule has 0 radical (unpaired) electrons. The highest BCUT2D eigenvalue weighted by Crippen LogP contribution is 2.33. The van der Waals surface area contributed by atoms with Crippen LogP contribution in [0.3, 0.4) is 0 Å². The van der Waals surface area contributed by atoms with Crippen LogP contribution in [0.2, 0.25) is 0 Å². The van der Waals surface area contributed by atoms with Gasteiger partial charge in [-0.05, 0) is 50.3 Å². The van der Waals surface area contributed by atoms with Gasteiger partial charge in [0.05, 0.1) is 17.1 Å². The first kappa shape index (κ1) is 21.4. The molecule has 8 heteroatoms. The Morgan fingerprint density at radius 1 is 1.12 bits per heavy atom. The normalized spacial score (nSPS) is 26.0. The summed E-state index contributed by atoms with van der Waals surface area (Å²) in [6.45, 7) is 9.07. The molecule has 0 spiro atoms. The predicted octanol–water partition coefficient (Wildman–Crippen LogP) is 1.60. The van der Waals surface area contributed by atoms with E-state index in [1.807, 2.05) is 11.7 Å². The van der Waals surface area contributed by atoms with Crippen LogP contribution in [0.5, 0.6) is 0 Å². The maximum Gasteiger partial charge on any atom is 0.235 e. The number of aromatic nitrogens is 2. The zero-order valence-corrected chi connectivity index (χ0v) is 19.1. The molecule has 2 N–H and O–H groups in total. The Morgan fingerprint density at radius 3 is 2.69 bits per heavy atom. The van der Waals surface area contributed by atoms with Crippen molar-refractivity contribution in [3.63, 3.8) is 0 Å². The van der Waals surface area contributed by atoms with Gasteiger partial charge in [-0.1, -0.05) is 0 Å². The van der Waals surface area contributed by atoms with Crippen molar-refractivity contribution in [2.45, 2.75) is 44.6 Å². The molecule has 2 aromatic rings. The second-order valence-electron chi connectivity index (χ2n) is 9.69. The van der Waals surface area contributed by atoms with E-state index in [0.717, 1.165) is 55.2 Å². The Bertz CT molecular complexity index is 1010. The van der Waals surface area contributed by atoms with Gasteiger partial charge in [0.2, 0.25) is 11.8 Å². The Kier molecular flexibility index (Phi) is 5.90.